The largest absolute Gasteiger partial charge is 0.463 e. The molecule has 0 spiro atoms. The number of amides is 2. The second-order valence-electron chi connectivity index (χ2n) is 5.37. The molecule has 1 unspecified atom stereocenters. The summed E-state index contributed by atoms with van der Waals surface area (Å²) < 4.78 is 10.3. The first-order valence-electron chi connectivity index (χ1n) is 7.19. The van der Waals surface area contributed by atoms with Crippen molar-refractivity contribution in [3.05, 3.63) is 24.4 Å². The minimum Gasteiger partial charge on any atom is -0.463 e. The first-order valence-corrected chi connectivity index (χ1v) is 7.19. The number of nitrogens with zero attached hydrogens (tertiary/aromatic N) is 1. The molecule has 2 aliphatic heterocycles. The van der Waals surface area contributed by atoms with Crippen molar-refractivity contribution in [3.63, 3.8) is 0 Å². The molecule has 2 rings (SSSR count). The van der Waals surface area contributed by atoms with Gasteiger partial charge in [0, 0.05) is 11.8 Å². The average Bonchev–Trinajstić information content (AvgIpc) is 2.75. The molecule has 5 N–H and O–H groups in total. The van der Waals surface area contributed by atoms with Crippen molar-refractivity contribution in [3.8, 4) is 0 Å². The van der Waals surface area contributed by atoms with E-state index in [9.17, 15) is 19.8 Å². The maximum atomic E-state index is 12.3. The van der Waals surface area contributed by atoms with Gasteiger partial charge in [0.15, 0.2) is 6.23 Å². The molecule has 23 heavy (non-hydrogen) atoms. The molecule has 0 radical (unpaired) electrons. The number of rotatable bonds is 4. The molecule has 128 valence electrons. The normalized spacial score (nSPS) is 37.2. The van der Waals surface area contributed by atoms with Gasteiger partial charge in [0.25, 0.3) is 0 Å². The van der Waals surface area contributed by atoms with Crippen molar-refractivity contribution in [1.29, 1.82) is 0 Å². The Labute approximate surface area is 133 Å². The summed E-state index contributed by atoms with van der Waals surface area (Å²) in [6.45, 7) is 6.85. The van der Waals surface area contributed by atoms with Crippen molar-refractivity contribution in [2.75, 3.05) is 6.61 Å². The Bertz CT molecular complexity index is 551. The van der Waals surface area contributed by atoms with Crippen molar-refractivity contribution in [2.24, 2.45) is 5.73 Å². The average molecular weight is 327 g/mol. The van der Waals surface area contributed by atoms with Crippen molar-refractivity contribution in [2.45, 2.75) is 44.1 Å². The molecule has 0 aromatic heterocycles. The summed E-state index contributed by atoms with van der Waals surface area (Å²) in [5.74, 6) is -0.833. The molecule has 0 bridgehead atoms. The standard InChI is InChI=1S/C14H21N3O6/c1-4-8-6-17(11-10(19)9(18)7(3)23-11)13(21)16-14(8,15)12(20)22-5-2/h4,6-7,9-11,18-19H,1,5,15H2,2-3H3,(H,16,21)/t7-,9-,10-,11-,14?/m1/s1. The van der Waals surface area contributed by atoms with Gasteiger partial charge in [0.05, 0.1) is 12.7 Å². The molecule has 0 aromatic rings. The second-order valence-corrected chi connectivity index (χ2v) is 5.37. The summed E-state index contributed by atoms with van der Waals surface area (Å²) in [4.78, 5) is 25.4. The molecule has 9 nitrogen and oxygen atoms in total. The minimum absolute atomic E-state index is 0.0932. The summed E-state index contributed by atoms with van der Waals surface area (Å²) in [5.41, 5.74) is 4.25. The molecule has 5 atom stereocenters. The van der Waals surface area contributed by atoms with Crippen LogP contribution in [0, 0.1) is 0 Å². The number of hydrogen-bond donors (Lipinski definition) is 4. The number of esters is 1. The van der Waals surface area contributed by atoms with E-state index in [0.29, 0.717) is 0 Å². The number of nitrogens with two attached hydrogens (primary N) is 1. The monoisotopic (exact) mass is 327 g/mol. The van der Waals surface area contributed by atoms with Crippen LogP contribution in [0.4, 0.5) is 4.79 Å². The van der Waals surface area contributed by atoms with Gasteiger partial charge in [0.2, 0.25) is 5.66 Å². The van der Waals surface area contributed by atoms with E-state index < -0.39 is 42.2 Å². The number of carbonyl (C=O) groups excluding carboxylic acids is 2. The maximum absolute atomic E-state index is 12.3. The lowest BCUT2D eigenvalue weighted by molar-refractivity contribution is -0.149. The fourth-order valence-electron chi connectivity index (χ4n) is 2.49. The Hall–Kier alpha value is -1.94. The van der Waals surface area contributed by atoms with Gasteiger partial charge < -0.3 is 25.0 Å². The van der Waals surface area contributed by atoms with Crippen LogP contribution in [0.1, 0.15) is 13.8 Å². The Morgan fingerprint density at radius 1 is 1.61 bits per heavy atom. The molecule has 2 heterocycles. The van der Waals surface area contributed by atoms with Gasteiger partial charge in [-0.1, -0.05) is 12.7 Å². The zero-order valence-corrected chi connectivity index (χ0v) is 12.9. The predicted molar refractivity (Wildman–Crippen MR) is 78.6 cm³/mol. The highest BCUT2D eigenvalue weighted by atomic mass is 16.6. The van der Waals surface area contributed by atoms with Crippen LogP contribution in [0.15, 0.2) is 24.4 Å². The third-order valence-corrected chi connectivity index (χ3v) is 3.84. The van der Waals surface area contributed by atoms with Gasteiger partial charge in [-0.25, -0.2) is 9.59 Å². The highest BCUT2D eigenvalue weighted by Gasteiger charge is 2.50. The quantitative estimate of drug-likeness (QED) is 0.475. The maximum Gasteiger partial charge on any atom is 0.351 e. The first kappa shape index (κ1) is 17.4. The fourth-order valence-corrected chi connectivity index (χ4v) is 2.49. The smallest absolute Gasteiger partial charge is 0.351 e. The highest BCUT2D eigenvalue weighted by Crippen LogP contribution is 2.28. The Kier molecular flexibility index (Phi) is 4.76. The number of urea groups is 1. The molecule has 1 fully saturated rings. The number of nitrogens with one attached hydrogen (secondary N) is 1. The number of aliphatic hydroxyl groups excluding tert-OH is 2. The number of aliphatic hydroxyl groups is 2. The van der Waals surface area contributed by atoms with Crippen LogP contribution in [0.5, 0.6) is 0 Å². The summed E-state index contributed by atoms with van der Waals surface area (Å²) in [6.07, 6.45) is -1.65. The van der Waals surface area contributed by atoms with Crippen molar-refractivity contribution in [1.82, 2.24) is 10.2 Å². The summed E-state index contributed by atoms with van der Waals surface area (Å²) in [5, 5.41) is 22.1. The van der Waals surface area contributed by atoms with E-state index in [4.69, 9.17) is 15.2 Å². The molecular weight excluding hydrogens is 306 g/mol. The summed E-state index contributed by atoms with van der Waals surface area (Å²) in [7, 11) is 0. The van der Waals surface area contributed by atoms with Gasteiger partial charge in [-0.05, 0) is 13.8 Å². The van der Waals surface area contributed by atoms with Crippen LogP contribution >= 0.6 is 0 Å². The van der Waals surface area contributed by atoms with E-state index >= 15 is 0 Å². The van der Waals surface area contributed by atoms with E-state index in [1.807, 2.05) is 0 Å². The van der Waals surface area contributed by atoms with Crippen LogP contribution in [0.2, 0.25) is 0 Å². The molecule has 1 saturated heterocycles. The van der Waals surface area contributed by atoms with Crippen LogP contribution in [0.25, 0.3) is 0 Å². The fraction of sp³-hybridized carbons (Fsp3) is 0.571. The van der Waals surface area contributed by atoms with Crippen molar-refractivity contribution < 1.29 is 29.3 Å². The van der Waals surface area contributed by atoms with E-state index in [1.165, 1.54) is 12.3 Å². The number of ether oxygens (including phenoxy) is 2. The zero-order valence-electron chi connectivity index (χ0n) is 12.9. The van der Waals surface area contributed by atoms with Gasteiger partial charge >= 0.3 is 12.0 Å². The van der Waals surface area contributed by atoms with Gasteiger partial charge in [-0.2, -0.15) is 0 Å². The van der Waals surface area contributed by atoms with Crippen LogP contribution < -0.4 is 11.1 Å². The van der Waals surface area contributed by atoms with E-state index in [2.05, 4.69) is 11.9 Å². The topological polar surface area (TPSA) is 134 Å². The minimum atomic E-state index is -1.88. The molecule has 0 saturated carbocycles. The van der Waals surface area contributed by atoms with Crippen LogP contribution in [-0.4, -0.2) is 63.9 Å². The highest BCUT2D eigenvalue weighted by molar-refractivity contribution is 5.93. The first-order chi connectivity index (χ1) is 10.8. The van der Waals surface area contributed by atoms with E-state index in [-0.39, 0.29) is 12.2 Å². The lowest BCUT2D eigenvalue weighted by Crippen LogP contribution is -2.68. The van der Waals surface area contributed by atoms with E-state index in [1.54, 1.807) is 13.8 Å². The number of hydrogen-bond acceptors (Lipinski definition) is 7. The Balaban J connectivity index is 2.34. The van der Waals surface area contributed by atoms with Gasteiger partial charge in [-0.3, -0.25) is 10.6 Å². The van der Waals surface area contributed by atoms with Crippen molar-refractivity contribution >= 4 is 12.0 Å². The molecule has 9 heteroatoms. The number of carbonyl (C=O) groups is 2. The molecule has 2 amide bonds. The van der Waals surface area contributed by atoms with Gasteiger partial charge in [0.1, 0.15) is 12.2 Å². The molecular formula is C14H21N3O6. The Morgan fingerprint density at radius 2 is 2.26 bits per heavy atom. The summed E-state index contributed by atoms with van der Waals surface area (Å²) in [6, 6.07) is -0.767. The Morgan fingerprint density at radius 3 is 2.74 bits per heavy atom. The predicted octanol–water partition coefficient (Wildman–Crippen LogP) is -1.23. The molecule has 2 aliphatic rings. The zero-order chi connectivity index (χ0) is 17.4. The lowest BCUT2D eigenvalue weighted by Gasteiger charge is -2.39. The summed E-state index contributed by atoms with van der Waals surface area (Å²) >= 11 is 0. The van der Waals surface area contributed by atoms with Crippen LogP contribution in [0.3, 0.4) is 0 Å². The third-order valence-electron chi connectivity index (χ3n) is 3.84. The van der Waals surface area contributed by atoms with Crippen LogP contribution in [-0.2, 0) is 14.3 Å². The third kappa shape index (κ3) is 2.83. The second kappa shape index (κ2) is 6.28. The molecule has 0 aliphatic carbocycles. The lowest BCUT2D eigenvalue weighted by atomic mass is 9.99. The van der Waals surface area contributed by atoms with Gasteiger partial charge in [-0.15, -0.1) is 0 Å². The van der Waals surface area contributed by atoms with E-state index in [0.717, 1.165) is 4.90 Å². The SMILES string of the molecule is C=CC1=CN([C@@H]2O[C@H](C)[C@@H](O)[C@H]2O)C(=O)NC1(N)C(=O)OCC. The molecule has 0 aromatic carbocycles.